The molecule has 140 valence electrons. The molecule has 1 fully saturated rings. The molecular formula is C21H28ClN3S. The summed E-state index contributed by atoms with van der Waals surface area (Å²) in [5.74, 6) is 1.76. The van der Waals surface area contributed by atoms with Gasteiger partial charge in [0.1, 0.15) is 0 Å². The zero-order valence-corrected chi connectivity index (χ0v) is 17.6. The lowest BCUT2D eigenvalue weighted by Gasteiger charge is -2.29. The van der Waals surface area contributed by atoms with Gasteiger partial charge in [0.2, 0.25) is 0 Å². The molecule has 0 amide bonds. The van der Waals surface area contributed by atoms with Crippen molar-refractivity contribution in [1.29, 1.82) is 0 Å². The molecule has 0 saturated carbocycles. The Morgan fingerprint density at radius 3 is 2.58 bits per heavy atom. The summed E-state index contributed by atoms with van der Waals surface area (Å²) in [5.41, 5.74) is 2.61. The van der Waals surface area contributed by atoms with E-state index in [2.05, 4.69) is 72.8 Å². The summed E-state index contributed by atoms with van der Waals surface area (Å²) in [6, 6.07) is 10.7. The second-order valence-corrected chi connectivity index (χ2v) is 9.49. The van der Waals surface area contributed by atoms with Crippen molar-refractivity contribution in [3.05, 3.63) is 53.3 Å². The Kier molecular flexibility index (Phi) is 6.16. The molecule has 5 heteroatoms. The van der Waals surface area contributed by atoms with E-state index >= 15 is 0 Å². The molecule has 26 heavy (non-hydrogen) atoms. The lowest BCUT2D eigenvalue weighted by Crippen LogP contribution is -2.39. The molecule has 3 nitrogen and oxygen atoms in total. The number of halogens is 1. The zero-order valence-electron chi connectivity index (χ0n) is 16.1. The molecular weight excluding hydrogens is 362 g/mol. The maximum atomic E-state index is 6.56. The van der Waals surface area contributed by atoms with Gasteiger partial charge in [0.25, 0.3) is 0 Å². The summed E-state index contributed by atoms with van der Waals surface area (Å²) in [5, 5.41) is 0.860. The lowest BCUT2D eigenvalue weighted by atomic mass is 10.0. The SMILES string of the molecule is CC(C)CSc1ccc(N2CN(Cc3ccncc3)C(C)(C)C2)cc1Cl. The molecule has 0 radical (unpaired) electrons. The van der Waals surface area contributed by atoms with Gasteiger partial charge in [-0.15, -0.1) is 11.8 Å². The van der Waals surface area contributed by atoms with E-state index in [0.717, 1.165) is 30.5 Å². The maximum Gasteiger partial charge on any atom is 0.0715 e. The molecule has 1 aromatic carbocycles. The fraction of sp³-hybridized carbons (Fsp3) is 0.476. The van der Waals surface area contributed by atoms with Gasteiger partial charge >= 0.3 is 0 Å². The van der Waals surface area contributed by atoms with E-state index in [1.54, 1.807) is 0 Å². The van der Waals surface area contributed by atoms with Gasteiger partial charge in [-0.1, -0.05) is 25.4 Å². The number of pyridine rings is 1. The maximum absolute atomic E-state index is 6.56. The highest BCUT2D eigenvalue weighted by molar-refractivity contribution is 7.99. The fourth-order valence-corrected chi connectivity index (χ4v) is 4.43. The summed E-state index contributed by atoms with van der Waals surface area (Å²) in [6.45, 7) is 11.9. The van der Waals surface area contributed by atoms with Crippen molar-refractivity contribution >= 4 is 29.1 Å². The Bertz CT molecular complexity index is 733. The van der Waals surface area contributed by atoms with Crippen molar-refractivity contribution in [2.45, 2.75) is 44.7 Å². The van der Waals surface area contributed by atoms with Gasteiger partial charge in [-0.05, 0) is 55.7 Å². The predicted octanol–water partition coefficient (Wildman–Crippen LogP) is 5.54. The average Bonchev–Trinajstić information content (AvgIpc) is 2.89. The summed E-state index contributed by atoms with van der Waals surface area (Å²) in [6.07, 6.45) is 3.73. The number of benzene rings is 1. The summed E-state index contributed by atoms with van der Waals surface area (Å²) in [4.78, 5) is 10.2. The molecule has 2 heterocycles. The van der Waals surface area contributed by atoms with Crippen LogP contribution in [0.15, 0.2) is 47.6 Å². The monoisotopic (exact) mass is 389 g/mol. The van der Waals surface area contributed by atoms with Crippen LogP contribution >= 0.6 is 23.4 Å². The van der Waals surface area contributed by atoms with Crippen LogP contribution in [0.25, 0.3) is 0 Å². The van der Waals surface area contributed by atoms with Crippen molar-refractivity contribution in [1.82, 2.24) is 9.88 Å². The first-order chi connectivity index (χ1) is 12.3. The van der Waals surface area contributed by atoms with Crippen LogP contribution in [0.1, 0.15) is 33.3 Å². The van der Waals surface area contributed by atoms with Crippen LogP contribution in [0.5, 0.6) is 0 Å². The van der Waals surface area contributed by atoms with Gasteiger partial charge in [0, 0.05) is 47.4 Å². The van der Waals surface area contributed by atoms with E-state index < -0.39 is 0 Å². The third-order valence-electron chi connectivity index (χ3n) is 4.75. The van der Waals surface area contributed by atoms with Crippen LogP contribution in [-0.2, 0) is 6.54 Å². The molecule has 1 saturated heterocycles. The molecule has 0 unspecified atom stereocenters. The minimum Gasteiger partial charge on any atom is -0.357 e. The molecule has 1 aliphatic heterocycles. The molecule has 1 aliphatic rings. The Balaban J connectivity index is 1.71. The molecule has 0 spiro atoms. The Labute approximate surface area is 166 Å². The number of thioether (sulfide) groups is 1. The van der Waals surface area contributed by atoms with E-state index in [9.17, 15) is 0 Å². The van der Waals surface area contributed by atoms with Crippen molar-refractivity contribution in [2.24, 2.45) is 5.92 Å². The Morgan fingerprint density at radius 1 is 1.19 bits per heavy atom. The van der Waals surface area contributed by atoms with Gasteiger partial charge in [0.05, 0.1) is 11.7 Å². The summed E-state index contributed by atoms with van der Waals surface area (Å²) in [7, 11) is 0. The zero-order chi connectivity index (χ0) is 18.7. The first kappa shape index (κ1) is 19.5. The van der Waals surface area contributed by atoms with E-state index in [0.29, 0.717) is 5.92 Å². The molecule has 0 atom stereocenters. The van der Waals surface area contributed by atoms with Crippen LogP contribution in [0, 0.1) is 5.92 Å². The third kappa shape index (κ3) is 4.73. The number of anilines is 1. The second kappa shape index (κ2) is 8.20. The van der Waals surface area contributed by atoms with Gasteiger partial charge in [0.15, 0.2) is 0 Å². The normalized spacial score (nSPS) is 17.2. The topological polar surface area (TPSA) is 19.4 Å². The molecule has 3 rings (SSSR count). The van der Waals surface area contributed by atoms with Gasteiger partial charge in [-0.25, -0.2) is 0 Å². The third-order valence-corrected chi connectivity index (χ3v) is 6.68. The standard InChI is InChI=1S/C21H28ClN3S/c1-16(2)13-26-20-6-5-18(11-19(20)22)24-14-21(3,4)25(15-24)12-17-7-9-23-10-8-17/h5-11,16H,12-15H2,1-4H3. The first-order valence-corrected chi connectivity index (χ1v) is 10.5. The summed E-state index contributed by atoms with van der Waals surface area (Å²) >= 11 is 8.40. The van der Waals surface area contributed by atoms with E-state index in [1.807, 2.05) is 24.2 Å². The van der Waals surface area contributed by atoms with Crippen molar-refractivity contribution in [3.63, 3.8) is 0 Å². The summed E-state index contributed by atoms with van der Waals surface area (Å²) < 4.78 is 0. The molecule has 0 aliphatic carbocycles. The van der Waals surface area contributed by atoms with Crippen LogP contribution in [0.4, 0.5) is 5.69 Å². The van der Waals surface area contributed by atoms with Gasteiger partial charge in [-0.3, -0.25) is 9.88 Å². The number of nitrogens with zero attached hydrogens (tertiary/aromatic N) is 3. The molecule has 0 N–H and O–H groups in total. The minimum atomic E-state index is 0.112. The van der Waals surface area contributed by atoms with Crippen LogP contribution in [-0.4, -0.2) is 34.4 Å². The Hall–Kier alpha value is -1.23. The second-order valence-electron chi connectivity index (χ2n) is 8.02. The first-order valence-electron chi connectivity index (χ1n) is 9.16. The quantitative estimate of drug-likeness (QED) is 0.603. The molecule has 0 bridgehead atoms. The number of hydrogen-bond donors (Lipinski definition) is 0. The van der Waals surface area contributed by atoms with Gasteiger partial charge < -0.3 is 4.90 Å². The highest BCUT2D eigenvalue weighted by Crippen LogP contribution is 2.35. The van der Waals surface area contributed by atoms with E-state index in [4.69, 9.17) is 11.6 Å². The molecule has 2 aromatic rings. The highest BCUT2D eigenvalue weighted by Gasteiger charge is 2.37. The highest BCUT2D eigenvalue weighted by atomic mass is 35.5. The van der Waals surface area contributed by atoms with Gasteiger partial charge in [-0.2, -0.15) is 0 Å². The van der Waals surface area contributed by atoms with E-state index in [1.165, 1.54) is 16.1 Å². The molecule has 1 aromatic heterocycles. The number of aromatic nitrogens is 1. The van der Waals surface area contributed by atoms with Crippen molar-refractivity contribution in [2.75, 3.05) is 23.9 Å². The van der Waals surface area contributed by atoms with Crippen molar-refractivity contribution in [3.8, 4) is 0 Å². The van der Waals surface area contributed by atoms with Crippen molar-refractivity contribution < 1.29 is 0 Å². The van der Waals surface area contributed by atoms with Crippen LogP contribution in [0.2, 0.25) is 5.02 Å². The largest absolute Gasteiger partial charge is 0.357 e. The number of hydrogen-bond acceptors (Lipinski definition) is 4. The fourth-order valence-electron chi connectivity index (χ4n) is 3.22. The smallest absolute Gasteiger partial charge is 0.0715 e. The van der Waals surface area contributed by atoms with Crippen LogP contribution < -0.4 is 4.90 Å². The number of rotatable bonds is 6. The predicted molar refractivity (Wildman–Crippen MR) is 113 cm³/mol. The minimum absolute atomic E-state index is 0.112. The lowest BCUT2D eigenvalue weighted by molar-refractivity contribution is 0.175. The Morgan fingerprint density at radius 2 is 1.92 bits per heavy atom. The van der Waals surface area contributed by atoms with E-state index in [-0.39, 0.29) is 5.54 Å². The average molecular weight is 390 g/mol. The van der Waals surface area contributed by atoms with Crippen LogP contribution in [0.3, 0.4) is 0 Å².